The fraction of sp³-hybridized carbons (Fsp3) is 0.500. The van der Waals surface area contributed by atoms with Crippen molar-refractivity contribution in [3.05, 3.63) is 18.0 Å². The van der Waals surface area contributed by atoms with E-state index < -0.39 is 30.7 Å². The lowest BCUT2D eigenvalue weighted by Crippen LogP contribution is -2.26. The van der Waals surface area contributed by atoms with Crippen LogP contribution in [0.15, 0.2) is 12.4 Å². The molecule has 0 saturated carbocycles. The van der Waals surface area contributed by atoms with Crippen molar-refractivity contribution in [1.82, 2.24) is 9.78 Å². The van der Waals surface area contributed by atoms with Gasteiger partial charge in [-0.2, -0.15) is 18.3 Å². The van der Waals surface area contributed by atoms with Crippen LogP contribution in [0.1, 0.15) is 23.2 Å². The minimum absolute atomic E-state index is 0.118. The second-order valence-electron chi connectivity index (χ2n) is 3.67. The van der Waals surface area contributed by atoms with Crippen molar-refractivity contribution < 1.29 is 22.8 Å². The lowest BCUT2D eigenvalue weighted by molar-refractivity contribution is -0.175. The number of rotatable bonds is 5. The molecule has 0 aliphatic heterocycles. The molecular formula is C10H11F3N2O2. The quantitative estimate of drug-likeness (QED) is 0.589. The summed E-state index contributed by atoms with van der Waals surface area (Å²) < 4.78 is 38.7. The predicted molar refractivity (Wildman–Crippen MR) is 52.4 cm³/mol. The molecule has 1 unspecified atom stereocenters. The van der Waals surface area contributed by atoms with Crippen LogP contribution in [0.5, 0.6) is 0 Å². The first-order valence-corrected chi connectivity index (χ1v) is 4.86. The Morgan fingerprint density at radius 3 is 2.65 bits per heavy atom. The highest BCUT2D eigenvalue weighted by Gasteiger charge is 2.40. The molecule has 1 heterocycles. The first-order chi connectivity index (χ1) is 7.84. The van der Waals surface area contributed by atoms with Gasteiger partial charge < -0.3 is 4.79 Å². The minimum atomic E-state index is -4.54. The van der Waals surface area contributed by atoms with Gasteiger partial charge in [0, 0.05) is 26.1 Å². The van der Waals surface area contributed by atoms with Crippen LogP contribution in [0.2, 0.25) is 0 Å². The molecule has 0 amide bonds. The molecule has 0 aromatic carbocycles. The summed E-state index contributed by atoms with van der Waals surface area (Å²) in [6.45, 7) is 0. The van der Waals surface area contributed by atoms with Gasteiger partial charge in [-0.25, -0.2) is 0 Å². The summed E-state index contributed by atoms with van der Waals surface area (Å²) in [4.78, 5) is 21.7. The number of hydrogen-bond donors (Lipinski definition) is 0. The van der Waals surface area contributed by atoms with Gasteiger partial charge in [0.25, 0.3) is 0 Å². The van der Waals surface area contributed by atoms with Gasteiger partial charge in [-0.05, 0) is 0 Å². The molecule has 0 saturated heterocycles. The predicted octanol–water partition coefficient (Wildman–Crippen LogP) is 1.76. The standard InChI is InChI=1S/C10H11F3N2O2/c1-15-6-7(5-14-15)9(17)4-8(2-3-16)10(11,12)13/h3,5-6,8H,2,4H2,1H3. The summed E-state index contributed by atoms with van der Waals surface area (Å²) in [5.74, 6) is -2.59. The zero-order valence-corrected chi connectivity index (χ0v) is 9.07. The van der Waals surface area contributed by atoms with Crippen LogP contribution in [0.3, 0.4) is 0 Å². The average molecular weight is 248 g/mol. The first kappa shape index (κ1) is 13.4. The number of Topliss-reactive ketones (excluding diaryl/α,β-unsaturated/α-hetero) is 1. The highest BCUT2D eigenvalue weighted by molar-refractivity contribution is 5.95. The normalized spacial score (nSPS) is 13.4. The van der Waals surface area contributed by atoms with Crippen molar-refractivity contribution in [1.29, 1.82) is 0 Å². The van der Waals surface area contributed by atoms with E-state index in [2.05, 4.69) is 5.10 Å². The summed E-state index contributed by atoms with van der Waals surface area (Å²) in [6.07, 6.45) is -3.25. The Bertz CT molecular complexity index is 412. The van der Waals surface area contributed by atoms with Crippen LogP contribution in [-0.2, 0) is 11.8 Å². The summed E-state index contributed by atoms with van der Waals surface area (Å²) >= 11 is 0. The van der Waals surface area contributed by atoms with Gasteiger partial charge in [0.15, 0.2) is 5.78 Å². The largest absolute Gasteiger partial charge is 0.392 e. The van der Waals surface area contributed by atoms with E-state index in [9.17, 15) is 22.8 Å². The number of aryl methyl sites for hydroxylation is 1. The summed E-state index contributed by atoms with van der Waals surface area (Å²) in [5.41, 5.74) is 0.118. The number of halogens is 3. The van der Waals surface area contributed by atoms with Crippen LogP contribution < -0.4 is 0 Å². The lowest BCUT2D eigenvalue weighted by Gasteiger charge is -2.16. The molecule has 17 heavy (non-hydrogen) atoms. The van der Waals surface area contributed by atoms with Crippen LogP contribution in [0.4, 0.5) is 13.2 Å². The van der Waals surface area contributed by atoms with E-state index in [1.165, 1.54) is 17.1 Å². The maximum Gasteiger partial charge on any atom is 0.392 e. The zero-order valence-electron chi connectivity index (χ0n) is 9.07. The molecule has 1 atom stereocenters. The van der Waals surface area contributed by atoms with Gasteiger partial charge in [0.05, 0.1) is 17.7 Å². The Hall–Kier alpha value is -1.66. The molecule has 0 aliphatic rings. The highest BCUT2D eigenvalue weighted by Crippen LogP contribution is 2.31. The number of carbonyl (C=O) groups excluding carboxylic acids is 2. The van der Waals surface area contributed by atoms with Gasteiger partial charge >= 0.3 is 6.18 Å². The number of carbonyl (C=O) groups is 2. The third kappa shape index (κ3) is 3.69. The van der Waals surface area contributed by atoms with E-state index in [0.717, 1.165) is 0 Å². The molecule has 4 nitrogen and oxygen atoms in total. The van der Waals surface area contributed by atoms with Crippen LogP contribution in [0.25, 0.3) is 0 Å². The van der Waals surface area contributed by atoms with Gasteiger partial charge in [0.2, 0.25) is 0 Å². The number of ketones is 1. The van der Waals surface area contributed by atoms with E-state index in [1.807, 2.05) is 0 Å². The number of aromatic nitrogens is 2. The maximum atomic E-state index is 12.5. The third-order valence-electron chi connectivity index (χ3n) is 2.30. The lowest BCUT2D eigenvalue weighted by atomic mass is 9.96. The molecule has 0 bridgehead atoms. The zero-order chi connectivity index (χ0) is 13.1. The van der Waals surface area contributed by atoms with Crippen molar-refractivity contribution in [2.24, 2.45) is 13.0 Å². The summed E-state index contributed by atoms with van der Waals surface area (Å²) in [5, 5.41) is 3.70. The molecule has 1 aromatic heterocycles. The SMILES string of the molecule is Cn1cc(C(=O)CC(CC=O)C(F)(F)F)cn1. The molecular weight excluding hydrogens is 237 g/mol. The van der Waals surface area contributed by atoms with Gasteiger partial charge in [-0.3, -0.25) is 9.48 Å². The summed E-state index contributed by atoms with van der Waals surface area (Å²) in [6, 6.07) is 0. The minimum Gasteiger partial charge on any atom is -0.303 e. The van der Waals surface area contributed by atoms with Crippen molar-refractivity contribution in [2.75, 3.05) is 0 Å². The molecule has 0 fully saturated rings. The smallest absolute Gasteiger partial charge is 0.303 e. The van der Waals surface area contributed by atoms with Crippen LogP contribution in [0, 0.1) is 5.92 Å². The van der Waals surface area contributed by atoms with E-state index in [1.54, 1.807) is 7.05 Å². The Labute approximate surface area is 95.4 Å². The molecule has 0 spiro atoms. The molecule has 7 heteroatoms. The monoisotopic (exact) mass is 248 g/mol. The number of hydrogen-bond acceptors (Lipinski definition) is 3. The average Bonchev–Trinajstić information content (AvgIpc) is 2.62. The molecule has 0 N–H and O–H groups in total. The van der Waals surface area contributed by atoms with E-state index in [-0.39, 0.29) is 11.8 Å². The summed E-state index contributed by atoms with van der Waals surface area (Å²) in [7, 11) is 1.56. The molecule has 94 valence electrons. The Kier molecular flexibility index (Phi) is 4.03. The number of aldehydes is 1. The number of alkyl halides is 3. The van der Waals surface area contributed by atoms with E-state index >= 15 is 0 Å². The Morgan fingerprint density at radius 2 is 2.24 bits per heavy atom. The van der Waals surface area contributed by atoms with E-state index in [0.29, 0.717) is 0 Å². The van der Waals surface area contributed by atoms with Crippen molar-refractivity contribution >= 4 is 12.1 Å². The van der Waals surface area contributed by atoms with Crippen LogP contribution in [-0.4, -0.2) is 28.0 Å². The highest BCUT2D eigenvalue weighted by atomic mass is 19.4. The second kappa shape index (κ2) is 5.11. The van der Waals surface area contributed by atoms with E-state index in [4.69, 9.17) is 0 Å². The van der Waals surface area contributed by atoms with Crippen molar-refractivity contribution in [2.45, 2.75) is 19.0 Å². The fourth-order valence-electron chi connectivity index (χ4n) is 1.36. The third-order valence-corrected chi connectivity index (χ3v) is 2.30. The topological polar surface area (TPSA) is 52.0 Å². The van der Waals surface area contributed by atoms with Gasteiger partial charge in [-0.1, -0.05) is 0 Å². The molecule has 0 radical (unpaired) electrons. The molecule has 1 aromatic rings. The fourth-order valence-corrected chi connectivity index (χ4v) is 1.36. The first-order valence-electron chi connectivity index (χ1n) is 4.86. The second-order valence-corrected chi connectivity index (χ2v) is 3.67. The van der Waals surface area contributed by atoms with Crippen molar-refractivity contribution in [3.8, 4) is 0 Å². The Balaban J connectivity index is 2.74. The maximum absolute atomic E-state index is 12.5. The van der Waals surface area contributed by atoms with Gasteiger partial charge in [-0.15, -0.1) is 0 Å². The van der Waals surface area contributed by atoms with Crippen LogP contribution >= 0.6 is 0 Å². The number of nitrogens with zero attached hydrogens (tertiary/aromatic N) is 2. The van der Waals surface area contributed by atoms with Crippen molar-refractivity contribution in [3.63, 3.8) is 0 Å². The van der Waals surface area contributed by atoms with Gasteiger partial charge in [0.1, 0.15) is 6.29 Å². The Morgan fingerprint density at radius 1 is 1.59 bits per heavy atom. The molecule has 1 rings (SSSR count). The molecule has 0 aliphatic carbocycles.